The summed E-state index contributed by atoms with van der Waals surface area (Å²) in [6.07, 6.45) is 4.42. The largest absolute Gasteiger partial charge is 0.339 e. The molecule has 0 bridgehead atoms. The highest BCUT2D eigenvalue weighted by Gasteiger charge is 2.31. The molecule has 0 atom stereocenters. The number of carbonyl (C=O) groups excluding carboxylic acids is 1. The lowest BCUT2D eigenvalue weighted by molar-refractivity contribution is 0.0692. The number of piperidine rings is 1. The molecule has 2 fully saturated rings. The van der Waals surface area contributed by atoms with Crippen LogP contribution < -0.4 is 5.32 Å². The maximum absolute atomic E-state index is 13.2. The van der Waals surface area contributed by atoms with Crippen LogP contribution in [-0.4, -0.2) is 47.1 Å². The average molecular weight is 342 g/mol. The van der Waals surface area contributed by atoms with Gasteiger partial charge in [0, 0.05) is 24.7 Å². The Morgan fingerprint density at radius 2 is 2.08 bits per heavy atom. The fraction of sp³-hybridized carbons (Fsp3) is 0.632. The molecule has 1 aliphatic heterocycles. The van der Waals surface area contributed by atoms with E-state index >= 15 is 0 Å². The summed E-state index contributed by atoms with van der Waals surface area (Å²) in [7, 11) is 0. The second-order valence-corrected chi connectivity index (χ2v) is 7.36. The van der Waals surface area contributed by atoms with E-state index in [1.807, 2.05) is 17.9 Å². The summed E-state index contributed by atoms with van der Waals surface area (Å²) in [5, 5.41) is 8.23. The minimum atomic E-state index is 0.0995. The first-order chi connectivity index (χ1) is 12.2. The number of carbonyl (C=O) groups is 1. The van der Waals surface area contributed by atoms with E-state index in [4.69, 9.17) is 4.52 Å². The number of likely N-dealkylation sites (tertiary alicyclic amines) is 1. The van der Waals surface area contributed by atoms with Crippen LogP contribution in [0.2, 0.25) is 0 Å². The normalized spacial score (nSPS) is 18.9. The third-order valence-corrected chi connectivity index (χ3v) is 5.45. The molecule has 6 heteroatoms. The average Bonchev–Trinajstić information content (AvgIpc) is 3.43. The summed E-state index contributed by atoms with van der Waals surface area (Å²) in [6, 6.07) is 1.98. The van der Waals surface area contributed by atoms with Gasteiger partial charge >= 0.3 is 0 Å². The minimum Gasteiger partial charge on any atom is -0.339 e. The van der Waals surface area contributed by atoms with Crippen LogP contribution >= 0.6 is 0 Å². The quantitative estimate of drug-likeness (QED) is 0.905. The van der Waals surface area contributed by atoms with Crippen molar-refractivity contribution >= 4 is 17.0 Å². The van der Waals surface area contributed by atoms with E-state index in [0.29, 0.717) is 17.5 Å². The summed E-state index contributed by atoms with van der Waals surface area (Å²) in [6.45, 7) is 7.71. The molecule has 1 saturated carbocycles. The summed E-state index contributed by atoms with van der Waals surface area (Å²) < 4.78 is 5.37. The van der Waals surface area contributed by atoms with Gasteiger partial charge in [0.25, 0.3) is 11.6 Å². The topological polar surface area (TPSA) is 71.3 Å². The molecule has 0 aromatic carbocycles. The number of rotatable bonds is 5. The van der Waals surface area contributed by atoms with Crippen LogP contribution in [0.4, 0.5) is 0 Å². The lowest BCUT2D eigenvalue weighted by Crippen LogP contribution is -2.40. The highest BCUT2D eigenvalue weighted by molar-refractivity contribution is 6.06. The van der Waals surface area contributed by atoms with Crippen molar-refractivity contribution in [3.05, 3.63) is 23.0 Å². The van der Waals surface area contributed by atoms with Crippen LogP contribution in [0, 0.1) is 12.8 Å². The van der Waals surface area contributed by atoms with Gasteiger partial charge in [0.1, 0.15) is 0 Å². The summed E-state index contributed by atoms with van der Waals surface area (Å²) >= 11 is 0. The molecule has 1 N–H and O–H groups in total. The van der Waals surface area contributed by atoms with E-state index in [0.717, 1.165) is 74.2 Å². The molecule has 1 amide bonds. The second-order valence-electron chi connectivity index (χ2n) is 7.36. The predicted octanol–water partition coefficient (Wildman–Crippen LogP) is 2.87. The Morgan fingerprint density at radius 3 is 2.76 bits per heavy atom. The van der Waals surface area contributed by atoms with Crippen LogP contribution in [0.15, 0.2) is 10.6 Å². The molecule has 2 aromatic heterocycles. The Hall–Kier alpha value is -1.95. The first-order valence-electron chi connectivity index (χ1n) is 9.44. The molecule has 2 aromatic rings. The van der Waals surface area contributed by atoms with Crippen molar-refractivity contribution in [2.75, 3.05) is 26.2 Å². The van der Waals surface area contributed by atoms with Gasteiger partial charge in [0.15, 0.2) is 0 Å². The number of amides is 1. The van der Waals surface area contributed by atoms with Crippen LogP contribution in [0.25, 0.3) is 11.1 Å². The molecule has 2 aliphatic rings. The fourth-order valence-electron chi connectivity index (χ4n) is 3.73. The number of nitrogens with zero attached hydrogens (tertiary/aromatic N) is 3. The van der Waals surface area contributed by atoms with Gasteiger partial charge in [-0.15, -0.1) is 0 Å². The first kappa shape index (κ1) is 16.5. The van der Waals surface area contributed by atoms with Crippen molar-refractivity contribution in [2.24, 2.45) is 5.92 Å². The van der Waals surface area contributed by atoms with Gasteiger partial charge in [-0.3, -0.25) is 4.79 Å². The van der Waals surface area contributed by atoms with Gasteiger partial charge in [0.05, 0.1) is 16.6 Å². The Kier molecular flexibility index (Phi) is 4.46. The van der Waals surface area contributed by atoms with Crippen molar-refractivity contribution in [1.82, 2.24) is 20.4 Å². The van der Waals surface area contributed by atoms with E-state index in [-0.39, 0.29) is 5.91 Å². The zero-order valence-corrected chi connectivity index (χ0v) is 15.0. The molecule has 0 radical (unpaired) electrons. The van der Waals surface area contributed by atoms with Gasteiger partial charge in [-0.25, -0.2) is 4.98 Å². The number of aryl methyl sites for hydroxylation is 1. The van der Waals surface area contributed by atoms with E-state index < -0.39 is 0 Å². The molecule has 25 heavy (non-hydrogen) atoms. The summed E-state index contributed by atoms with van der Waals surface area (Å²) in [4.78, 5) is 19.8. The molecule has 0 unspecified atom stereocenters. The first-order valence-corrected chi connectivity index (χ1v) is 9.44. The number of aromatic nitrogens is 2. The smallest absolute Gasteiger partial charge is 0.259 e. The van der Waals surface area contributed by atoms with Crippen molar-refractivity contribution < 1.29 is 9.32 Å². The number of fused-ring (bicyclic) bond motifs is 1. The third kappa shape index (κ3) is 3.27. The van der Waals surface area contributed by atoms with Crippen molar-refractivity contribution in [3.63, 3.8) is 0 Å². The Labute approximate surface area is 148 Å². The van der Waals surface area contributed by atoms with E-state index in [2.05, 4.69) is 22.4 Å². The molecule has 4 rings (SSSR count). The Morgan fingerprint density at radius 1 is 1.32 bits per heavy atom. The second kappa shape index (κ2) is 6.75. The molecular weight excluding hydrogens is 316 g/mol. The molecule has 0 spiro atoms. The monoisotopic (exact) mass is 342 g/mol. The molecule has 134 valence electrons. The Balaban J connectivity index is 1.57. The number of hydrogen-bond acceptors (Lipinski definition) is 5. The van der Waals surface area contributed by atoms with Gasteiger partial charge < -0.3 is 14.7 Å². The zero-order valence-electron chi connectivity index (χ0n) is 15.0. The van der Waals surface area contributed by atoms with Gasteiger partial charge in [-0.2, -0.15) is 0 Å². The maximum atomic E-state index is 13.2. The summed E-state index contributed by atoms with van der Waals surface area (Å²) in [5.41, 5.74) is 2.95. The SMILES string of the molecule is CCNCC1CCN(C(=O)c2cc(C3CC3)nc3onc(C)c23)CC1. The van der Waals surface area contributed by atoms with E-state index in [1.165, 1.54) is 0 Å². The van der Waals surface area contributed by atoms with Gasteiger partial charge in [-0.1, -0.05) is 12.1 Å². The summed E-state index contributed by atoms with van der Waals surface area (Å²) in [5.74, 6) is 1.25. The van der Waals surface area contributed by atoms with Gasteiger partial charge in [-0.05, 0) is 57.7 Å². The highest BCUT2D eigenvalue weighted by Crippen LogP contribution is 2.40. The fourth-order valence-corrected chi connectivity index (χ4v) is 3.73. The third-order valence-electron chi connectivity index (χ3n) is 5.45. The van der Waals surface area contributed by atoms with Crippen molar-refractivity contribution in [3.8, 4) is 0 Å². The maximum Gasteiger partial charge on any atom is 0.259 e. The van der Waals surface area contributed by atoms with Crippen molar-refractivity contribution in [1.29, 1.82) is 0 Å². The standard InChI is InChI=1S/C19H26N4O2/c1-3-20-11-13-6-8-23(9-7-13)19(24)15-10-16(14-4-5-14)21-18-17(15)12(2)22-25-18/h10,13-14,20H,3-9,11H2,1-2H3. The highest BCUT2D eigenvalue weighted by atomic mass is 16.5. The van der Waals surface area contributed by atoms with Crippen LogP contribution in [-0.2, 0) is 0 Å². The molecule has 3 heterocycles. The van der Waals surface area contributed by atoms with Crippen LogP contribution in [0.1, 0.15) is 60.3 Å². The van der Waals surface area contributed by atoms with E-state index in [9.17, 15) is 4.79 Å². The molecule has 1 aliphatic carbocycles. The molecular formula is C19H26N4O2. The van der Waals surface area contributed by atoms with Crippen LogP contribution in [0.5, 0.6) is 0 Å². The predicted molar refractivity (Wildman–Crippen MR) is 95.7 cm³/mol. The lowest BCUT2D eigenvalue weighted by atomic mass is 9.96. The van der Waals surface area contributed by atoms with Gasteiger partial charge in [0.2, 0.25) is 0 Å². The minimum absolute atomic E-state index is 0.0995. The number of nitrogens with one attached hydrogen (secondary N) is 1. The molecule has 6 nitrogen and oxygen atoms in total. The van der Waals surface area contributed by atoms with E-state index in [1.54, 1.807) is 0 Å². The number of pyridine rings is 1. The van der Waals surface area contributed by atoms with Crippen LogP contribution in [0.3, 0.4) is 0 Å². The Bertz CT molecular complexity index is 773. The lowest BCUT2D eigenvalue weighted by Gasteiger charge is -2.32. The zero-order chi connectivity index (χ0) is 17.4. The molecule has 1 saturated heterocycles. The number of hydrogen-bond donors (Lipinski definition) is 1. The van der Waals surface area contributed by atoms with Crippen molar-refractivity contribution in [2.45, 2.75) is 45.4 Å².